The highest BCUT2D eigenvalue weighted by Crippen LogP contribution is 2.22. The van der Waals surface area contributed by atoms with Crippen LogP contribution < -0.4 is 5.32 Å². The van der Waals surface area contributed by atoms with Crippen LogP contribution >= 0.6 is 22.9 Å². The molecule has 1 atom stereocenters. The lowest BCUT2D eigenvalue weighted by atomic mass is 10.2. The molecular formula is C12H12ClN3O3S. The highest BCUT2D eigenvalue weighted by molar-refractivity contribution is 7.15. The molecule has 2 N–H and O–H groups in total. The van der Waals surface area contributed by atoms with E-state index < -0.39 is 17.9 Å². The molecule has 2 heterocycles. The van der Waals surface area contributed by atoms with Crippen molar-refractivity contribution in [3.8, 4) is 0 Å². The fourth-order valence-corrected chi connectivity index (χ4v) is 2.64. The number of thiazole rings is 1. The van der Waals surface area contributed by atoms with Crippen LogP contribution in [0.4, 0.5) is 0 Å². The quantitative estimate of drug-likeness (QED) is 0.827. The van der Waals surface area contributed by atoms with Gasteiger partial charge in [0.15, 0.2) is 10.1 Å². The monoisotopic (exact) mass is 313 g/mol. The molecule has 1 amide bonds. The number of rotatable bonds is 5. The van der Waals surface area contributed by atoms with Gasteiger partial charge in [0, 0.05) is 17.7 Å². The number of halogens is 1. The normalized spacial score (nSPS) is 12.9. The number of hydrogen-bond donors (Lipinski definition) is 2. The molecule has 0 unspecified atom stereocenters. The van der Waals surface area contributed by atoms with Crippen molar-refractivity contribution in [2.24, 2.45) is 0 Å². The van der Waals surface area contributed by atoms with E-state index in [1.54, 1.807) is 17.5 Å². The maximum atomic E-state index is 11.7. The van der Waals surface area contributed by atoms with Crippen molar-refractivity contribution in [3.63, 3.8) is 0 Å². The number of amides is 1. The van der Waals surface area contributed by atoms with Gasteiger partial charge in [-0.3, -0.25) is 9.20 Å². The van der Waals surface area contributed by atoms with E-state index in [1.807, 2.05) is 5.38 Å². The SMILES string of the molecule is CC[C@H](NC(=O)/C=C/c1c(Cl)nc2sccn12)C(=O)O. The number of carbonyl (C=O) groups excluding carboxylic acids is 1. The minimum Gasteiger partial charge on any atom is -0.480 e. The van der Waals surface area contributed by atoms with Crippen molar-refractivity contribution in [1.82, 2.24) is 14.7 Å². The maximum Gasteiger partial charge on any atom is 0.326 e. The highest BCUT2D eigenvalue weighted by Gasteiger charge is 2.16. The van der Waals surface area contributed by atoms with Crippen molar-refractivity contribution >= 4 is 45.9 Å². The minimum absolute atomic E-state index is 0.297. The summed E-state index contributed by atoms with van der Waals surface area (Å²) in [5, 5.41) is 13.4. The van der Waals surface area contributed by atoms with E-state index in [0.29, 0.717) is 17.3 Å². The second kappa shape index (κ2) is 6.06. The third-order valence-corrected chi connectivity index (χ3v) is 3.70. The zero-order valence-electron chi connectivity index (χ0n) is 10.5. The molecule has 0 saturated carbocycles. The number of aliphatic carboxylic acids is 1. The van der Waals surface area contributed by atoms with Gasteiger partial charge in [0.1, 0.15) is 6.04 Å². The van der Waals surface area contributed by atoms with Gasteiger partial charge >= 0.3 is 5.97 Å². The van der Waals surface area contributed by atoms with Crippen LogP contribution in [0, 0.1) is 0 Å². The lowest BCUT2D eigenvalue weighted by Crippen LogP contribution is -2.39. The predicted molar refractivity (Wildman–Crippen MR) is 77.0 cm³/mol. The van der Waals surface area contributed by atoms with Crippen molar-refractivity contribution in [2.45, 2.75) is 19.4 Å². The van der Waals surface area contributed by atoms with E-state index >= 15 is 0 Å². The Morgan fingerprint density at radius 2 is 2.40 bits per heavy atom. The van der Waals surface area contributed by atoms with E-state index in [-0.39, 0.29) is 0 Å². The fourth-order valence-electron chi connectivity index (χ4n) is 1.64. The first kappa shape index (κ1) is 14.5. The third-order valence-electron chi connectivity index (χ3n) is 2.67. The zero-order chi connectivity index (χ0) is 14.7. The topological polar surface area (TPSA) is 83.7 Å². The number of carboxylic acids is 1. The van der Waals surface area contributed by atoms with Crippen molar-refractivity contribution in [2.75, 3.05) is 0 Å². The first-order valence-electron chi connectivity index (χ1n) is 5.85. The van der Waals surface area contributed by atoms with Crippen LogP contribution in [0.2, 0.25) is 5.15 Å². The lowest BCUT2D eigenvalue weighted by molar-refractivity contribution is -0.141. The Morgan fingerprint density at radius 3 is 3.05 bits per heavy atom. The molecule has 20 heavy (non-hydrogen) atoms. The van der Waals surface area contributed by atoms with Crippen LogP contribution in [0.5, 0.6) is 0 Å². The van der Waals surface area contributed by atoms with Gasteiger partial charge in [-0.05, 0) is 12.5 Å². The Hall–Kier alpha value is -1.86. The molecule has 0 aliphatic heterocycles. The van der Waals surface area contributed by atoms with E-state index in [9.17, 15) is 9.59 Å². The Bertz CT molecular complexity index is 677. The standard InChI is InChI=1S/C12H12ClN3O3S/c1-2-7(11(18)19)14-9(17)4-3-8-10(13)15-12-16(8)5-6-20-12/h3-7H,2H2,1H3,(H,14,17)(H,18,19)/b4-3+/t7-/m0/s1. The summed E-state index contributed by atoms with van der Waals surface area (Å²) in [4.78, 5) is 27.3. The average molecular weight is 314 g/mol. The second-order valence-corrected chi connectivity index (χ2v) is 5.22. The lowest BCUT2D eigenvalue weighted by Gasteiger charge is -2.09. The molecule has 0 saturated heterocycles. The smallest absolute Gasteiger partial charge is 0.326 e. The summed E-state index contributed by atoms with van der Waals surface area (Å²) in [6.45, 7) is 1.69. The Balaban J connectivity index is 2.12. The predicted octanol–water partition coefficient (Wildman–Crippen LogP) is 2.04. The summed E-state index contributed by atoms with van der Waals surface area (Å²) in [5.74, 6) is -1.54. The molecule has 0 radical (unpaired) electrons. The number of fused-ring (bicyclic) bond motifs is 1. The van der Waals surface area contributed by atoms with Gasteiger partial charge in [0.05, 0.1) is 5.69 Å². The number of aromatic nitrogens is 2. The van der Waals surface area contributed by atoms with Crippen LogP contribution in [-0.4, -0.2) is 32.4 Å². The number of imidazole rings is 1. The summed E-state index contributed by atoms with van der Waals surface area (Å²) in [6, 6.07) is -0.894. The summed E-state index contributed by atoms with van der Waals surface area (Å²) >= 11 is 7.40. The molecule has 6 nitrogen and oxygen atoms in total. The molecule has 0 aromatic carbocycles. The molecule has 106 valence electrons. The van der Waals surface area contributed by atoms with Gasteiger partial charge in [-0.15, -0.1) is 11.3 Å². The molecule has 2 aromatic rings. The van der Waals surface area contributed by atoms with Gasteiger partial charge in [-0.25, -0.2) is 9.78 Å². The molecule has 0 fully saturated rings. The Kier molecular flexibility index (Phi) is 4.41. The molecule has 0 bridgehead atoms. The first-order chi connectivity index (χ1) is 9.52. The van der Waals surface area contributed by atoms with Gasteiger partial charge in [0.25, 0.3) is 0 Å². The number of nitrogens with one attached hydrogen (secondary N) is 1. The van der Waals surface area contributed by atoms with Crippen molar-refractivity contribution in [3.05, 3.63) is 28.5 Å². The van der Waals surface area contributed by atoms with E-state index in [4.69, 9.17) is 16.7 Å². The largest absolute Gasteiger partial charge is 0.480 e. The van der Waals surface area contributed by atoms with Gasteiger partial charge in [0.2, 0.25) is 5.91 Å². The number of carboxylic acid groups (broad SMARTS) is 1. The Labute approximate surface area is 123 Å². The van der Waals surface area contributed by atoms with Crippen LogP contribution in [0.15, 0.2) is 17.7 Å². The number of carbonyl (C=O) groups is 2. The highest BCUT2D eigenvalue weighted by atomic mass is 35.5. The van der Waals surface area contributed by atoms with Crippen LogP contribution in [-0.2, 0) is 9.59 Å². The maximum absolute atomic E-state index is 11.7. The molecule has 0 spiro atoms. The first-order valence-corrected chi connectivity index (χ1v) is 7.11. The molecular weight excluding hydrogens is 302 g/mol. The summed E-state index contributed by atoms with van der Waals surface area (Å²) in [7, 11) is 0. The summed E-state index contributed by atoms with van der Waals surface area (Å²) in [6.07, 6.45) is 4.87. The molecule has 2 aromatic heterocycles. The van der Waals surface area contributed by atoms with Gasteiger partial charge in [-0.2, -0.15) is 0 Å². The average Bonchev–Trinajstić information content (AvgIpc) is 2.94. The van der Waals surface area contributed by atoms with Crippen LogP contribution in [0.25, 0.3) is 11.0 Å². The zero-order valence-corrected chi connectivity index (χ0v) is 12.1. The summed E-state index contributed by atoms with van der Waals surface area (Å²) in [5.41, 5.74) is 0.585. The van der Waals surface area contributed by atoms with Crippen LogP contribution in [0.3, 0.4) is 0 Å². The van der Waals surface area contributed by atoms with Gasteiger partial charge in [-0.1, -0.05) is 18.5 Å². The number of nitrogens with zero attached hydrogens (tertiary/aromatic N) is 2. The summed E-state index contributed by atoms with van der Waals surface area (Å²) < 4.78 is 1.76. The third kappa shape index (κ3) is 3.00. The van der Waals surface area contributed by atoms with E-state index in [2.05, 4.69) is 10.3 Å². The molecule has 0 aliphatic rings. The molecule has 0 aliphatic carbocycles. The Morgan fingerprint density at radius 1 is 1.65 bits per heavy atom. The van der Waals surface area contributed by atoms with Crippen molar-refractivity contribution in [1.29, 1.82) is 0 Å². The minimum atomic E-state index is -1.06. The second-order valence-electron chi connectivity index (χ2n) is 3.98. The van der Waals surface area contributed by atoms with Crippen molar-refractivity contribution < 1.29 is 14.7 Å². The molecule has 2 rings (SSSR count). The van der Waals surface area contributed by atoms with E-state index in [0.717, 1.165) is 4.96 Å². The van der Waals surface area contributed by atoms with Gasteiger partial charge < -0.3 is 10.4 Å². The van der Waals surface area contributed by atoms with Crippen LogP contribution in [0.1, 0.15) is 19.0 Å². The number of hydrogen-bond acceptors (Lipinski definition) is 4. The molecule has 8 heteroatoms. The van der Waals surface area contributed by atoms with E-state index in [1.165, 1.54) is 23.5 Å². The fraction of sp³-hybridized carbons (Fsp3) is 0.250.